The highest BCUT2D eigenvalue weighted by molar-refractivity contribution is 8.13. The standard InChI is InChI=1S/C20H19FN4OS2/c1-2-20(7-10-28-19(22)25-20)14-11-13(3-4-15(14)21)24-18(26)16-17-12(5-8-23-16)6-9-27-17/h3-6,8-9,11H,2,7,10H2,1H3,(H2,22,25)(H,24,26)/t20-/m0/s1. The van der Waals surface area contributed by atoms with E-state index in [1.807, 2.05) is 24.4 Å². The average Bonchev–Trinajstić information content (AvgIpc) is 3.18. The van der Waals surface area contributed by atoms with Gasteiger partial charge in [-0.25, -0.2) is 9.37 Å². The molecule has 8 heteroatoms. The summed E-state index contributed by atoms with van der Waals surface area (Å²) < 4.78 is 15.5. The fourth-order valence-corrected chi connectivity index (χ4v) is 5.24. The fourth-order valence-electron chi connectivity index (χ4n) is 3.47. The van der Waals surface area contributed by atoms with Gasteiger partial charge in [-0.3, -0.25) is 9.79 Å². The van der Waals surface area contributed by atoms with Crippen LogP contribution in [-0.4, -0.2) is 21.8 Å². The van der Waals surface area contributed by atoms with Gasteiger partial charge in [0.15, 0.2) is 5.17 Å². The van der Waals surface area contributed by atoms with Crippen LogP contribution < -0.4 is 11.1 Å². The molecule has 1 amide bonds. The predicted octanol–water partition coefficient (Wildman–Crippen LogP) is 4.74. The third-order valence-electron chi connectivity index (χ3n) is 4.98. The molecule has 144 valence electrons. The van der Waals surface area contributed by atoms with Crippen LogP contribution in [0.25, 0.3) is 10.1 Å². The van der Waals surface area contributed by atoms with Crippen LogP contribution >= 0.6 is 23.1 Å². The van der Waals surface area contributed by atoms with E-state index in [1.54, 1.807) is 18.3 Å². The number of hydrogen-bond acceptors (Lipinski definition) is 6. The van der Waals surface area contributed by atoms with E-state index in [-0.39, 0.29) is 11.7 Å². The largest absolute Gasteiger partial charge is 0.379 e. The van der Waals surface area contributed by atoms with E-state index in [0.717, 1.165) is 15.8 Å². The molecule has 1 atom stereocenters. The normalized spacial score (nSPS) is 19.4. The van der Waals surface area contributed by atoms with Crippen molar-refractivity contribution in [1.82, 2.24) is 4.98 Å². The number of benzene rings is 1. The molecule has 4 rings (SSSR count). The summed E-state index contributed by atoms with van der Waals surface area (Å²) in [6.45, 7) is 1.97. The highest BCUT2D eigenvalue weighted by atomic mass is 32.2. The first-order valence-corrected chi connectivity index (χ1v) is 10.8. The summed E-state index contributed by atoms with van der Waals surface area (Å²) in [5.74, 6) is 0.115. The first-order valence-electron chi connectivity index (χ1n) is 8.94. The summed E-state index contributed by atoms with van der Waals surface area (Å²) in [6.07, 6.45) is 2.93. The summed E-state index contributed by atoms with van der Waals surface area (Å²) in [7, 11) is 0. The van der Waals surface area contributed by atoms with Crippen LogP contribution in [0.1, 0.15) is 35.8 Å². The van der Waals surface area contributed by atoms with Crippen LogP contribution in [-0.2, 0) is 5.54 Å². The molecule has 5 nitrogen and oxygen atoms in total. The molecule has 0 unspecified atom stereocenters. The van der Waals surface area contributed by atoms with Crippen molar-refractivity contribution >= 4 is 49.9 Å². The van der Waals surface area contributed by atoms with Gasteiger partial charge in [-0.1, -0.05) is 18.7 Å². The predicted molar refractivity (Wildman–Crippen MR) is 115 cm³/mol. The quantitative estimate of drug-likeness (QED) is 0.646. The summed E-state index contributed by atoms with van der Waals surface area (Å²) in [4.78, 5) is 21.6. The van der Waals surface area contributed by atoms with Gasteiger partial charge in [0, 0.05) is 23.2 Å². The molecule has 0 aliphatic carbocycles. The maximum absolute atomic E-state index is 14.7. The number of carbonyl (C=O) groups excluding carboxylic acids is 1. The van der Waals surface area contributed by atoms with Crippen molar-refractivity contribution in [2.45, 2.75) is 25.3 Å². The molecule has 3 heterocycles. The molecule has 3 N–H and O–H groups in total. The number of pyridine rings is 1. The van der Waals surface area contributed by atoms with Gasteiger partial charge in [0.05, 0.1) is 10.2 Å². The number of carbonyl (C=O) groups is 1. The molecule has 0 fully saturated rings. The van der Waals surface area contributed by atoms with E-state index in [4.69, 9.17) is 5.73 Å². The van der Waals surface area contributed by atoms with E-state index >= 15 is 0 Å². The second-order valence-corrected chi connectivity index (χ2v) is 8.61. The topological polar surface area (TPSA) is 80.4 Å². The smallest absolute Gasteiger partial charge is 0.275 e. The van der Waals surface area contributed by atoms with Crippen LogP contribution in [0.4, 0.5) is 10.1 Å². The summed E-state index contributed by atoms with van der Waals surface area (Å²) in [6, 6.07) is 8.41. The second-order valence-electron chi connectivity index (χ2n) is 6.58. The number of amides is 1. The number of aromatic nitrogens is 1. The molecule has 0 bridgehead atoms. The van der Waals surface area contributed by atoms with Gasteiger partial charge < -0.3 is 11.1 Å². The number of fused-ring (bicyclic) bond motifs is 1. The SMILES string of the molecule is CC[C@@]1(c2cc(NC(=O)c3nccc4ccsc34)ccc2F)CCSC(N)=N1. The Morgan fingerprint density at radius 2 is 2.21 bits per heavy atom. The lowest BCUT2D eigenvalue weighted by Crippen LogP contribution is -2.32. The molecule has 0 saturated carbocycles. The Hall–Kier alpha value is -2.45. The second kappa shape index (κ2) is 7.52. The summed E-state index contributed by atoms with van der Waals surface area (Å²) in [5, 5.41) is 6.22. The van der Waals surface area contributed by atoms with Crippen molar-refractivity contribution in [1.29, 1.82) is 0 Å². The lowest BCUT2D eigenvalue weighted by atomic mass is 9.84. The van der Waals surface area contributed by atoms with Crippen molar-refractivity contribution in [3.63, 3.8) is 0 Å². The number of aliphatic imine (C=N–C) groups is 1. The van der Waals surface area contributed by atoms with Gasteiger partial charge in [-0.05, 0) is 53.9 Å². The van der Waals surface area contributed by atoms with E-state index < -0.39 is 5.54 Å². The lowest BCUT2D eigenvalue weighted by molar-refractivity contribution is 0.102. The first kappa shape index (κ1) is 18.9. The molecular formula is C20H19FN4OS2. The van der Waals surface area contributed by atoms with Gasteiger partial charge in [0.1, 0.15) is 11.5 Å². The van der Waals surface area contributed by atoms with E-state index in [2.05, 4.69) is 15.3 Å². The Balaban J connectivity index is 1.68. The number of amidine groups is 1. The van der Waals surface area contributed by atoms with Crippen molar-refractivity contribution in [2.75, 3.05) is 11.1 Å². The van der Waals surface area contributed by atoms with E-state index in [1.165, 1.54) is 29.2 Å². The molecule has 0 saturated heterocycles. The van der Waals surface area contributed by atoms with Crippen LogP contribution in [0.2, 0.25) is 0 Å². The van der Waals surface area contributed by atoms with E-state index in [0.29, 0.717) is 35.0 Å². The number of hydrogen-bond donors (Lipinski definition) is 2. The van der Waals surface area contributed by atoms with Crippen LogP contribution in [0.15, 0.2) is 46.9 Å². The maximum Gasteiger partial charge on any atom is 0.275 e. The highest BCUT2D eigenvalue weighted by Gasteiger charge is 2.35. The zero-order valence-corrected chi connectivity index (χ0v) is 16.9. The maximum atomic E-state index is 14.7. The number of nitrogens with two attached hydrogens (primary N) is 1. The fraction of sp³-hybridized carbons (Fsp3) is 0.250. The summed E-state index contributed by atoms with van der Waals surface area (Å²) in [5.41, 5.74) is 6.55. The Morgan fingerprint density at radius 1 is 1.36 bits per heavy atom. The third-order valence-corrected chi connectivity index (χ3v) is 6.72. The zero-order valence-electron chi connectivity index (χ0n) is 15.2. The molecule has 1 aliphatic heterocycles. The van der Waals surface area contributed by atoms with Crippen LogP contribution in [0.3, 0.4) is 0 Å². The first-order chi connectivity index (χ1) is 13.5. The number of anilines is 1. The number of nitrogens with one attached hydrogen (secondary N) is 1. The molecule has 3 aromatic rings. The number of nitrogens with zero attached hydrogens (tertiary/aromatic N) is 2. The number of halogens is 1. The van der Waals surface area contributed by atoms with Crippen molar-refractivity contribution in [3.8, 4) is 0 Å². The molecule has 1 aromatic carbocycles. The monoisotopic (exact) mass is 414 g/mol. The zero-order chi connectivity index (χ0) is 19.7. The minimum absolute atomic E-state index is 0.321. The van der Waals surface area contributed by atoms with Gasteiger partial charge in [-0.15, -0.1) is 11.3 Å². The molecule has 0 spiro atoms. The van der Waals surface area contributed by atoms with E-state index in [9.17, 15) is 9.18 Å². The van der Waals surface area contributed by atoms with Crippen molar-refractivity contribution in [3.05, 3.63) is 59.0 Å². The Bertz CT molecular complexity index is 1080. The minimum Gasteiger partial charge on any atom is -0.379 e. The Kier molecular flexibility index (Phi) is 5.07. The number of rotatable bonds is 4. The van der Waals surface area contributed by atoms with Gasteiger partial charge in [-0.2, -0.15) is 0 Å². The number of thiophene rings is 1. The summed E-state index contributed by atoms with van der Waals surface area (Å²) >= 11 is 2.95. The Morgan fingerprint density at radius 3 is 3.00 bits per heavy atom. The molecule has 28 heavy (non-hydrogen) atoms. The van der Waals surface area contributed by atoms with Gasteiger partial charge in [0.25, 0.3) is 5.91 Å². The van der Waals surface area contributed by atoms with Crippen molar-refractivity contribution in [2.24, 2.45) is 10.7 Å². The third kappa shape index (κ3) is 3.38. The molecule has 1 aliphatic rings. The minimum atomic E-state index is -0.702. The van der Waals surface area contributed by atoms with Crippen LogP contribution in [0, 0.1) is 5.82 Å². The molecule has 0 radical (unpaired) electrons. The highest BCUT2D eigenvalue weighted by Crippen LogP contribution is 2.40. The van der Waals surface area contributed by atoms with Crippen molar-refractivity contribution < 1.29 is 9.18 Å². The lowest BCUT2D eigenvalue weighted by Gasteiger charge is -2.33. The van der Waals surface area contributed by atoms with Crippen LogP contribution in [0.5, 0.6) is 0 Å². The number of thioether (sulfide) groups is 1. The van der Waals surface area contributed by atoms with Gasteiger partial charge >= 0.3 is 0 Å². The molecule has 2 aromatic heterocycles. The van der Waals surface area contributed by atoms with Gasteiger partial charge in [0.2, 0.25) is 0 Å². The molecular weight excluding hydrogens is 395 g/mol. The Labute approximate surface area is 170 Å². The average molecular weight is 415 g/mol.